The number of benzene rings is 1. The van der Waals surface area contributed by atoms with E-state index in [2.05, 4.69) is 44.2 Å². The van der Waals surface area contributed by atoms with Crippen molar-refractivity contribution in [3.05, 3.63) is 57.0 Å². The SMILES string of the molecule is Cc1nnsc1C(=O)Nc1nc2c(s1)C[NH+](Cc1ccccc1)CC2. The van der Waals surface area contributed by atoms with Gasteiger partial charge in [0.05, 0.1) is 22.8 Å². The molecule has 1 amide bonds. The van der Waals surface area contributed by atoms with E-state index in [9.17, 15) is 4.79 Å². The number of anilines is 1. The summed E-state index contributed by atoms with van der Waals surface area (Å²) in [4.78, 5) is 20.3. The van der Waals surface area contributed by atoms with Crippen LogP contribution in [0, 0.1) is 6.92 Å². The molecule has 0 spiro atoms. The molecule has 4 rings (SSSR count). The Morgan fingerprint density at radius 2 is 2.16 bits per heavy atom. The number of amides is 1. The molecule has 0 aliphatic carbocycles. The molecule has 0 radical (unpaired) electrons. The van der Waals surface area contributed by atoms with Crippen LogP contribution in [0.1, 0.15) is 31.5 Å². The molecule has 8 heteroatoms. The summed E-state index contributed by atoms with van der Waals surface area (Å²) in [6.45, 7) is 4.83. The zero-order valence-electron chi connectivity index (χ0n) is 13.8. The van der Waals surface area contributed by atoms with E-state index in [0.29, 0.717) is 15.7 Å². The minimum Gasteiger partial charge on any atom is -0.326 e. The lowest BCUT2D eigenvalue weighted by Crippen LogP contribution is -3.10. The number of hydrogen-bond acceptors (Lipinski definition) is 6. The number of rotatable bonds is 4. The van der Waals surface area contributed by atoms with E-state index >= 15 is 0 Å². The Kier molecular flexibility index (Phi) is 4.56. The summed E-state index contributed by atoms with van der Waals surface area (Å²) >= 11 is 2.69. The lowest BCUT2D eigenvalue weighted by Gasteiger charge is -2.22. The molecular formula is C17H18N5OS2+. The molecule has 0 saturated heterocycles. The van der Waals surface area contributed by atoms with Crippen molar-refractivity contribution in [2.45, 2.75) is 26.4 Å². The molecule has 3 heterocycles. The number of thiazole rings is 1. The molecule has 1 atom stereocenters. The maximum Gasteiger partial charge on any atom is 0.271 e. The number of nitrogens with zero attached hydrogens (tertiary/aromatic N) is 3. The number of quaternary nitrogens is 1. The third-order valence-corrected chi connectivity index (χ3v) is 6.12. The van der Waals surface area contributed by atoms with Crippen LogP contribution in [0.3, 0.4) is 0 Å². The third kappa shape index (κ3) is 3.60. The highest BCUT2D eigenvalue weighted by Gasteiger charge is 2.25. The Hall–Kier alpha value is -2.16. The first-order chi connectivity index (χ1) is 12.2. The maximum absolute atomic E-state index is 12.3. The average Bonchev–Trinajstić information content (AvgIpc) is 3.21. The fourth-order valence-corrected chi connectivity index (χ4v) is 4.64. The van der Waals surface area contributed by atoms with E-state index in [0.717, 1.165) is 43.3 Å². The van der Waals surface area contributed by atoms with Crippen molar-refractivity contribution in [3.63, 3.8) is 0 Å². The number of carbonyl (C=O) groups is 1. The molecule has 1 aliphatic heterocycles. The van der Waals surface area contributed by atoms with E-state index in [-0.39, 0.29) is 5.91 Å². The molecule has 1 aromatic carbocycles. The molecule has 2 N–H and O–H groups in total. The van der Waals surface area contributed by atoms with Crippen LogP contribution < -0.4 is 10.2 Å². The summed E-state index contributed by atoms with van der Waals surface area (Å²) < 4.78 is 3.81. The molecule has 0 fully saturated rings. The molecule has 0 saturated carbocycles. The number of aryl methyl sites for hydroxylation is 1. The highest BCUT2D eigenvalue weighted by Crippen LogP contribution is 2.25. The van der Waals surface area contributed by atoms with Gasteiger partial charge < -0.3 is 4.90 Å². The van der Waals surface area contributed by atoms with E-state index in [1.165, 1.54) is 15.3 Å². The quantitative estimate of drug-likeness (QED) is 0.731. The van der Waals surface area contributed by atoms with Gasteiger partial charge in [0.1, 0.15) is 18.0 Å². The summed E-state index contributed by atoms with van der Waals surface area (Å²) in [6.07, 6.45) is 0.949. The monoisotopic (exact) mass is 372 g/mol. The molecule has 128 valence electrons. The third-order valence-electron chi connectivity index (χ3n) is 4.28. The highest BCUT2D eigenvalue weighted by molar-refractivity contribution is 7.16. The second-order valence-corrected chi connectivity index (χ2v) is 7.96. The number of fused-ring (bicyclic) bond motifs is 1. The topological polar surface area (TPSA) is 72.2 Å². The van der Waals surface area contributed by atoms with Crippen LogP contribution in [-0.4, -0.2) is 27.0 Å². The first-order valence-electron chi connectivity index (χ1n) is 8.15. The predicted octanol–water partition coefficient (Wildman–Crippen LogP) is 1.70. The van der Waals surface area contributed by atoms with Crippen molar-refractivity contribution in [3.8, 4) is 0 Å². The normalized spacial score (nSPS) is 16.4. The van der Waals surface area contributed by atoms with Gasteiger partial charge in [0.15, 0.2) is 5.13 Å². The maximum atomic E-state index is 12.3. The van der Waals surface area contributed by atoms with Gasteiger partial charge in [0, 0.05) is 12.0 Å². The standard InChI is InChI=1S/C17H17N5OS2/c1-11-15(25-21-20-11)16(23)19-17-18-13-7-8-22(10-14(13)24-17)9-12-5-3-2-4-6-12/h2-6H,7-10H2,1H3,(H,18,19,23)/p+1. The fourth-order valence-electron chi connectivity index (χ4n) is 3.01. The lowest BCUT2D eigenvalue weighted by molar-refractivity contribution is -0.929. The van der Waals surface area contributed by atoms with Crippen LogP contribution in [0.4, 0.5) is 5.13 Å². The van der Waals surface area contributed by atoms with Crippen molar-refractivity contribution in [2.75, 3.05) is 11.9 Å². The lowest BCUT2D eigenvalue weighted by atomic mass is 10.1. The minimum atomic E-state index is -0.174. The molecule has 3 aromatic rings. The second-order valence-electron chi connectivity index (χ2n) is 6.12. The summed E-state index contributed by atoms with van der Waals surface area (Å²) in [7, 11) is 0. The van der Waals surface area contributed by atoms with Gasteiger partial charge in [-0.2, -0.15) is 0 Å². The van der Waals surface area contributed by atoms with E-state index in [1.807, 2.05) is 6.07 Å². The van der Waals surface area contributed by atoms with Gasteiger partial charge in [0.2, 0.25) is 0 Å². The molecule has 1 aliphatic rings. The first kappa shape index (κ1) is 16.3. The van der Waals surface area contributed by atoms with Crippen LogP contribution in [0.25, 0.3) is 0 Å². The zero-order chi connectivity index (χ0) is 17.2. The summed E-state index contributed by atoms with van der Waals surface area (Å²) in [6, 6.07) is 10.6. The van der Waals surface area contributed by atoms with Gasteiger partial charge in [-0.1, -0.05) is 46.2 Å². The van der Waals surface area contributed by atoms with Crippen LogP contribution in [0.5, 0.6) is 0 Å². The van der Waals surface area contributed by atoms with Crippen LogP contribution in [0.2, 0.25) is 0 Å². The van der Waals surface area contributed by atoms with E-state index < -0.39 is 0 Å². The summed E-state index contributed by atoms with van der Waals surface area (Å²) in [5.41, 5.74) is 3.13. The van der Waals surface area contributed by atoms with E-state index in [4.69, 9.17) is 0 Å². The van der Waals surface area contributed by atoms with Gasteiger partial charge in [-0.05, 0) is 18.5 Å². The number of aromatic nitrogens is 3. The van der Waals surface area contributed by atoms with Gasteiger partial charge in [0.25, 0.3) is 5.91 Å². The van der Waals surface area contributed by atoms with E-state index in [1.54, 1.807) is 18.3 Å². The Bertz CT molecular complexity index is 890. The fraction of sp³-hybridized carbons (Fsp3) is 0.294. The van der Waals surface area contributed by atoms with Gasteiger partial charge in [-0.3, -0.25) is 10.1 Å². The Balaban J connectivity index is 1.44. The molecule has 2 aromatic heterocycles. The van der Waals surface area contributed by atoms with Crippen molar-refractivity contribution in [1.82, 2.24) is 14.6 Å². The molecular weight excluding hydrogens is 354 g/mol. The van der Waals surface area contributed by atoms with Crippen LogP contribution >= 0.6 is 22.9 Å². The van der Waals surface area contributed by atoms with Gasteiger partial charge in [-0.15, -0.1) is 5.10 Å². The van der Waals surface area contributed by atoms with Gasteiger partial charge >= 0.3 is 0 Å². The largest absolute Gasteiger partial charge is 0.326 e. The van der Waals surface area contributed by atoms with Crippen molar-refractivity contribution >= 4 is 33.9 Å². The van der Waals surface area contributed by atoms with Crippen molar-refractivity contribution in [2.24, 2.45) is 0 Å². The van der Waals surface area contributed by atoms with Crippen molar-refractivity contribution < 1.29 is 9.69 Å². The minimum absolute atomic E-state index is 0.174. The zero-order valence-corrected chi connectivity index (χ0v) is 15.4. The number of nitrogens with one attached hydrogen (secondary N) is 2. The van der Waals surface area contributed by atoms with Crippen LogP contribution in [0.15, 0.2) is 30.3 Å². The Labute approximate surface area is 153 Å². The Morgan fingerprint density at radius 1 is 1.32 bits per heavy atom. The second kappa shape index (κ2) is 6.99. The summed E-state index contributed by atoms with van der Waals surface area (Å²) in [5, 5.41) is 7.45. The van der Waals surface area contributed by atoms with Crippen molar-refractivity contribution in [1.29, 1.82) is 0 Å². The van der Waals surface area contributed by atoms with Gasteiger partial charge in [-0.25, -0.2) is 4.98 Å². The number of carbonyl (C=O) groups excluding carboxylic acids is 1. The Morgan fingerprint density at radius 3 is 2.92 bits per heavy atom. The smallest absolute Gasteiger partial charge is 0.271 e. The molecule has 25 heavy (non-hydrogen) atoms. The molecule has 0 bridgehead atoms. The average molecular weight is 372 g/mol. The van der Waals surface area contributed by atoms with Crippen LogP contribution in [-0.2, 0) is 19.5 Å². The highest BCUT2D eigenvalue weighted by atomic mass is 32.1. The molecule has 6 nitrogen and oxygen atoms in total. The predicted molar refractivity (Wildman–Crippen MR) is 98.1 cm³/mol. The number of hydrogen-bond donors (Lipinski definition) is 2. The first-order valence-corrected chi connectivity index (χ1v) is 9.74. The summed E-state index contributed by atoms with van der Waals surface area (Å²) in [5.74, 6) is -0.174. The molecule has 1 unspecified atom stereocenters.